The van der Waals surface area contributed by atoms with Crippen LogP contribution in [0.4, 0.5) is 11.4 Å². The lowest BCUT2D eigenvalue weighted by atomic mass is 10.1. The zero-order chi connectivity index (χ0) is 22.8. The van der Waals surface area contributed by atoms with Gasteiger partial charge in [-0.2, -0.15) is 0 Å². The standard InChI is InChI=1S/C22H22N4O6/c1-31-22(30)12-3-2-4-15(10-12)26-7-8-32-18(21(26)29)17(27)20(28)25-14-5-6-16-13(9-14)11-24-19(16)23/h2-6,9-10,17-18,27H,7-8,11H2,1H3,(H2,23,24)(H,25,28). The molecule has 2 atom stereocenters. The van der Waals surface area contributed by atoms with Gasteiger partial charge in [-0.1, -0.05) is 6.07 Å². The minimum absolute atomic E-state index is 0.110. The number of benzene rings is 2. The number of nitrogens with zero attached hydrogens (tertiary/aromatic N) is 2. The van der Waals surface area contributed by atoms with Gasteiger partial charge in [0.15, 0.2) is 12.2 Å². The number of aliphatic hydroxyl groups is 1. The number of esters is 1. The SMILES string of the molecule is COC(=O)c1cccc(N2CCOC(C(O)C(=O)Nc3ccc4c(c3)CN=C4N)C2=O)c1. The number of fused-ring (bicyclic) bond motifs is 1. The first kappa shape index (κ1) is 21.5. The van der Waals surface area contributed by atoms with Crippen LogP contribution in [-0.4, -0.2) is 61.2 Å². The van der Waals surface area contributed by atoms with Crippen LogP contribution in [0, 0.1) is 0 Å². The Hall–Kier alpha value is -3.76. The van der Waals surface area contributed by atoms with Crippen LogP contribution in [0.2, 0.25) is 0 Å². The maximum Gasteiger partial charge on any atom is 0.337 e. The van der Waals surface area contributed by atoms with E-state index in [0.29, 0.717) is 23.8 Å². The lowest BCUT2D eigenvalue weighted by molar-refractivity contribution is -0.150. The molecule has 2 amide bonds. The van der Waals surface area contributed by atoms with Crippen LogP contribution in [0.5, 0.6) is 0 Å². The number of hydrogen-bond donors (Lipinski definition) is 3. The van der Waals surface area contributed by atoms with Crippen molar-refractivity contribution in [2.75, 3.05) is 30.5 Å². The molecule has 166 valence electrons. The van der Waals surface area contributed by atoms with Crippen molar-refractivity contribution in [2.24, 2.45) is 10.7 Å². The number of aliphatic hydroxyl groups excluding tert-OH is 1. The molecule has 4 N–H and O–H groups in total. The molecule has 2 unspecified atom stereocenters. The molecule has 32 heavy (non-hydrogen) atoms. The Morgan fingerprint density at radius 3 is 2.91 bits per heavy atom. The lowest BCUT2D eigenvalue weighted by Crippen LogP contribution is -2.55. The summed E-state index contributed by atoms with van der Waals surface area (Å²) < 4.78 is 10.1. The normalized spacial score (nSPS) is 18.6. The number of methoxy groups -OCH3 is 1. The third-order valence-corrected chi connectivity index (χ3v) is 5.32. The van der Waals surface area contributed by atoms with Crippen molar-refractivity contribution in [1.82, 2.24) is 0 Å². The van der Waals surface area contributed by atoms with Crippen LogP contribution >= 0.6 is 0 Å². The van der Waals surface area contributed by atoms with E-state index in [1.54, 1.807) is 36.4 Å². The van der Waals surface area contributed by atoms with Crippen LogP contribution in [0.25, 0.3) is 0 Å². The molecule has 2 heterocycles. The molecule has 2 aromatic carbocycles. The van der Waals surface area contributed by atoms with Crippen molar-refractivity contribution < 1.29 is 29.0 Å². The first-order chi connectivity index (χ1) is 15.4. The number of amidine groups is 1. The number of nitrogens with one attached hydrogen (secondary N) is 1. The smallest absolute Gasteiger partial charge is 0.337 e. The molecule has 0 aromatic heterocycles. The van der Waals surface area contributed by atoms with E-state index >= 15 is 0 Å². The second-order valence-corrected chi connectivity index (χ2v) is 7.33. The van der Waals surface area contributed by atoms with Gasteiger partial charge >= 0.3 is 5.97 Å². The van der Waals surface area contributed by atoms with Gasteiger partial charge in [0.05, 0.1) is 25.8 Å². The molecule has 0 aliphatic carbocycles. The number of carbonyl (C=O) groups is 3. The predicted octanol–water partition coefficient (Wildman–Crippen LogP) is 0.423. The summed E-state index contributed by atoms with van der Waals surface area (Å²) in [4.78, 5) is 42.9. The average Bonchev–Trinajstić information content (AvgIpc) is 3.18. The van der Waals surface area contributed by atoms with Crippen LogP contribution in [0.15, 0.2) is 47.5 Å². The molecule has 10 heteroatoms. The van der Waals surface area contributed by atoms with E-state index in [-0.39, 0.29) is 18.7 Å². The summed E-state index contributed by atoms with van der Waals surface area (Å²) >= 11 is 0. The average molecular weight is 438 g/mol. The quantitative estimate of drug-likeness (QED) is 0.574. The summed E-state index contributed by atoms with van der Waals surface area (Å²) in [6.45, 7) is 0.733. The number of ether oxygens (including phenoxy) is 2. The highest BCUT2D eigenvalue weighted by Gasteiger charge is 2.39. The van der Waals surface area contributed by atoms with Crippen molar-refractivity contribution in [1.29, 1.82) is 0 Å². The van der Waals surface area contributed by atoms with Gasteiger partial charge in [-0.25, -0.2) is 4.79 Å². The first-order valence-electron chi connectivity index (χ1n) is 9.92. The van der Waals surface area contributed by atoms with E-state index in [9.17, 15) is 19.5 Å². The molecule has 0 bridgehead atoms. The fourth-order valence-electron chi connectivity index (χ4n) is 3.67. The van der Waals surface area contributed by atoms with E-state index in [4.69, 9.17) is 15.2 Å². The molecule has 2 aromatic rings. The van der Waals surface area contributed by atoms with Crippen molar-refractivity contribution in [2.45, 2.75) is 18.8 Å². The number of hydrogen-bond acceptors (Lipinski definition) is 8. The number of morpholine rings is 1. The fraction of sp³-hybridized carbons (Fsp3) is 0.273. The molecule has 10 nitrogen and oxygen atoms in total. The second kappa shape index (κ2) is 8.77. The molecule has 2 aliphatic heterocycles. The minimum Gasteiger partial charge on any atom is -0.465 e. The molecular formula is C22H22N4O6. The van der Waals surface area contributed by atoms with E-state index in [1.807, 2.05) is 0 Å². The van der Waals surface area contributed by atoms with Gasteiger partial charge in [0, 0.05) is 23.5 Å². The second-order valence-electron chi connectivity index (χ2n) is 7.33. The van der Waals surface area contributed by atoms with Crippen LogP contribution in [0.1, 0.15) is 21.5 Å². The molecule has 0 radical (unpaired) electrons. The fourth-order valence-corrected chi connectivity index (χ4v) is 3.67. The van der Waals surface area contributed by atoms with E-state index in [2.05, 4.69) is 10.3 Å². The number of aliphatic imine (C=N–C) groups is 1. The monoisotopic (exact) mass is 438 g/mol. The van der Waals surface area contributed by atoms with Gasteiger partial charge in [-0.3, -0.25) is 14.6 Å². The number of amides is 2. The molecule has 0 saturated carbocycles. The molecular weight excluding hydrogens is 416 g/mol. The largest absolute Gasteiger partial charge is 0.465 e. The predicted molar refractivity (Wildman–Crippen MR) is 115 cm³/mol. The van der Waals surface area contributed by atoms with Gasteiger partial charge in [0.25, 0.3) is 11.8 Å². The van der Waals surface area contributed by atoms with Crippen LogP contribution in [0.3, 0.4) is 0 Å². The van der Waals surface area contributed by atoms with Gasteiger partial charge in [-0.15, -0.1) is 0 Å². The van der Waals surface area contributed by atoms with Crippen molar-refractivity contribution in [3.63, 3.8) is 0 Å². The summed E-state index contributed by atoms with van der Waals surface area (Å²) in [7, 11) is 1.27. The van der Waals surface area contributed by atoms with Gasteiger partial charge in [0.1, 0.15) is 5.84 Å². The Labute approximate surface area is 183 Å². The Morgan fingerprint density at radius 1 is 1.31 bits per heavy atom. The number of rotatable bonds is 5. The zero-order valence-electron chi connectivity index (χ0n) is 17.3. The molecule has 4 rings (SSSR count). The lowest BCUT2D eigenvalue weighted by Gasteiger charge is -2.34. The van der Waals surface area contributed by atoms with E-state index in [1.165, 1.54) is 18.1 Å². The third kappa shape index (κ3) is 4.05. The Balaban J connectivity index is 1.47. The topological polar surface area (TPSA) is 144 Å². The van der Waals surface area contributed by atoms with Crippen LogP contribution in [-0.2, 0) is 25.6 Å². The maximum atomic E-state index is 13.0. The summed E-state index contributed by atoms with van der Waals surface area (Å²) in [6.07, 6.45) is -3.12. The van der Waals surface area contributed by atoms with Crippen LogP contribution < -0.4 is 16.0 Å². The maximum absolute atomic E-state index is 13.0. The van der Waals surface area contributed by atoms with E-state index in [0.717, 1.165) is 11.1 Å². The Morgan fingerprint density at radius 2 is 2.12 bits per heavy atom. The molecule has 1 fully saturated rings. The Kier molecular flexibility index (Phi) is 5.89. The van der Waals surface area contributed by atoms with Gasteiger partial charge in [-0.05, 0) is 42.0 Å². The summed E-state index contributed by atoms with van der Waals surface area (Å²) in [5.74, 6) is -1.46. The molecule has 0 spiro atoms. The zero-order valence-corrected chi connectivity index (χ0v) is 17.3. The Bertz CT molecular complexity index is 1120. The summed E-state index contributed by atoms with van der Waals surface area (Å²) in [6, 6.07) is 11.4. The highest BCUT2D eigenvalue weighted by atomic mass is 16.5. The minimum atomic E-state index is -1.73. The van der Waals surface area contributed by atoms with Crippen molar-refractivity contribution >= 4 is 35.0 Å². The van der Waals surface area contributed by atoms with Crippen molar-refractivity contribution in [3.8, 4) is 0 Å². The van der Waals surface area contributed by atoms with Gasteiger partial charge in [0.2, 0.25) is 0 Å². The number of nitrogens with two attached hydrogens (primary N) is 1. The highest BCUT2D eigenvalue weighted by Crippen LogP contribution is 2.24. The molecule has 2 aliphatic rings. The summed E-state index contributed by atoms with van der Waals surface area (Å²) in [5.41, 5.74) is 8.62. The number of anilines is 2. The summed E-state index contributed by atoms with van der Waals surface area (Å²) in [5, 5.41) is 13.2. The van der Waals surface area contributed by atoms with Gasteiger partial charge < -0.3 is 30.5 Å². The number of carbonyl (C=O) groups excluding carboxylic acids is 3. The van der Waals surface area contributed by atoms with Crippen molar-refractivity contribution in [3.05, 3.63) is 59.2 Å². The first-order valence-corrected chi connectivity index (χ1v) is 9.92. The van der Waals surface area contributed by atoms with E-state index < -0.39 is 30.0 Å². The third-order valence-electron chi connectivity index (χ3n) is 5.32. The highest BCUT2D eigenvalue weighted by molar-refractivity contribution is 6.05. The molecule has 1 saturated heterocycles.